The fourth-order valence-electron chi connectivity index (χ4n) is 3.25. The van der Waals surface area contributed by atoms with Crippen LogP contribution in [0.15, 0.2) is 53.3 Å². The number of aryl methyl sites for hydroxylation is 2. The van der Waals surface area contributed by atoms with Crippen molar-refractivity contribution in [2.24, 2.45) is 0 Å². The Kier molecular flexibility index (Phi) is 6.49. The predicted molar refractivity (Wildman–Crippen MR) is 112 cm³/mol. The third kappa shape index (κ3) is 4.74. The van der Waals surface area contributed by atoms with Gasteiger partial charge in [0.05, 0.1) is 11.0 Å². The molecule has 7 heteroatoms. The summed E-state index contributed by atoms with van der Waals surface area (Å²) in [6, 6.07) is 14.8. The maximum atomic E-state index is 12.7. The number of nitrogens with one attached hydrogen (secondary N) is 1. The fourth-order valence-corrected chi connectivity index (χ4v) is 3.25. The van der Waals surface area contributed by atoms with Crippen LogP contribution in [0.3, 0.4) is 0 Å². The molecule has 152 valence electrons. The van der Waals surface area contributed by atoms with Crippen molar-refractivity contribution in [3.05, 3.63) is 64.6 Å². The summed E-state index contributed by atoms with van der Waals surface area (Å²) in [6.07, 6.45) is 1.66. The van der Waals surface area contributed by atoms with Crippen molar-refractivity contribution < 1.29 is 14.3 Å². The van der Waals surface area contributed by atoms with Gasteiger partial charge in [-0.2, -0.15) is 0 Å². The third-order valence-corrected chi connectivity index (χ3v) is 4.64. The zero-order valence-electron chi connectivity index (χ0n) is 16.7. The lowest BCUT2D eigenvalue weighted by Crippen LogP contribution is -2.29. The number of para-hydroxylation sites is 2. The summed E-state index contributed by atoms with van der Waals surface area (Å²) in [4.78, 5) is 37.0. The SMILES string of the molecule is CCCn1c(=O)n(CC(=O)OCC(=O)Nc2cccc(CC)c2)c2ccccc21. The fraction of sp³-hybridized carbons (Fsp3) is 0.318. The minimum Gasteiger partial charge on any atom is -0.454 e. The molecule has 7 nitrogen and oxygen atoms in total. The summed E-state index contributed by atoms with van der Waals surface area (Å²) >= 11 is 0. The van der Waals surface area contributed by atoms with E-state index >= 15 is 0 Å². The van der Waals surface area contributed by atoms with E-state index < -0.39 is 18.5 Å². The molecular formula is C22H25N3O4. The highest BCUT2D eigenvalue weighted by Crippen LogP contribution is 2.14. The van der Waals surface area contributed by atoms with Crippen LogP contribution in [-0.4, -0.2) is 27.6 Å². The number of rotatable bonds is 8. The van der Waals surface area contributed by atoms with Crippen LogP contribution in [0.1, 0.15) is 25.8 Å². The maximum absolute atomic E-state index is 12.7. The van der Waals surface area contributed by atoms with Crippen molar-refractivity contribution >= 4 is 28.6 Å². The number of benzene rings is 2. The molecule has 3 aromatic rings. The van der Waals surface area contributed by atoms with Crippen LogP contribution in [0.2, 0.25) is 0 Å². The van der Waals surface area contributed by atoms with Crippen molar-refractivity contribution in [2.45, 2.75) is 39.8 Å². The van der Waals surface area contributed by atoms with Gasteiger partial charge >= 0.3 is 11.7 Å². The Morgan fingerprint density at radius 3 is 2.41 bits per heavy atom. The van der Waals surface area contributed by atoms with E-state index in [0.29, 0.717) is 17.7 Å². The van der Waals surface area contributed by atoms with E-state index in [1.807, 2.05) is 50.2 Å². The van der Waals surface area contributed by atoms with Gasteiger partial charge in [-0.1, -0.05) is 38.1 Å². The lowest BCUT2D eigenvalue weighted by atomic mass is 10.1. The van der Waals surface area contributed by atoms with Gasteiger partial charge in [0, 0.05) is 12.2 Å². The Bertz CT molecular complexity index is 1080. The van der Waals surface area contributed by atoms with Gasteiger partial charge in [-0.25, -0.2) is 4.79 Å². The molecule has 1 amide bonds. The van der Waals surface area contributed by atoms with Crippen LogP contribution >= 0.6 is 0 Å². The highest BCUT2D eigenvalue weighted by atomic mass is 16.5. The van der Waals surface area contributed by atoms with Crippen molar-refractivity contribution in [1.82, 2.24) is 9.13 Å². The van der Waals surface area contributed by atoms with Gasteiger partial charge in [0.15, 0.2) is 6.61 Å². The van der Waals surface area contributed by atoms with E-state index in [2.05, 4.69) is 5.32 Å². The largest absolute Gasteiger partial charge is 0.454 e. The molecule has 0 fully saturated rings. The minimum absolute atomic E-state index is 0.241. The first-order chi connectivity index (χ1) is 14.0. The van der Waals surface area contributed by atoms with E-state index in [1.54, 1.807) is 16.7 Å². The molecule has 0 aliphatic rings. The molecule has 29 heavy (non-hydrogen) atoms. The Morgan fingerprint density at radius 1 is 1.00 bits per heavy atom. The maximum Gasteiger partial charge on any atom is 0.329 e. The molecular weight excluding hydrogens is 370 g/mol. The number of hydrogen-bond acceptors (Lipinski definition) is 4. The monoisotopic (exact) mass is 395 g/mol. The summed E-state index contributed by atoms with van der Waals surface area (Å²) in [5.41, 5.74) is 2.95. The first-order valence-electron chi connectivity index (χ1n) is 9.76. The van der Waals surface area contributed by atoms with Crippen LogP contribution in [0.5, 0.6) is 0 Å². The van der Waals surface area contributed by atoms with Gasteiger partial charge in [-0.15, -0.1) is 0 Å². The van der Waals surface area contributed by atoms with Gasteiger partial charge in [0.25, 0.3) is 5.91 Å². The highest BCUT2D eigenvalue weighted by molar-refractivity contribution is 5.92. The molecule has 2 aromatic carbocycles. The number of anilines is 1. The highest BCUT2D eigenvalue weighted by Gasteiger charge is 2.16. The van der Waals surface area contributed by atoms with Crippen LogP contribution in [0, 0.1) is 0 Å². The summed E-state index contributed by atoms with van der Waals surface area (Å²) in [5, 5.41) is 2.71. The number of imidazole rings is 1. The number of hydrogen-bond donors (Lipinski definition) is 1. The van der Waals surface area contributed by atoms with Gasteiger partial charge in [-0.05, 0) is 42.7 Å². The molecule has 0 atom stereocenters. The number of esters is 1. The lowest BCUT2D eigenvalue weighted by molar-refractivity contribution is -0.147. The Hall–Kier alpha value is -3.35. The molecule has 3 rings (SSSR count). The number of amides is 1. The number of nitrogens with zero attached hydrogens (tertiary/aromatic N) is 2. The number of carbonyl (C=O) groups is 2. The smallest absolute Gasteiger partial charge is 0.329 e. The molecule has 0 aliphatic heterocycles. The van der Waals surface area contributed by atoms with E-state index in [0.717, 1.165) is 23.9 Å². The molecule has 0 unspecified atom stereocenters. The van der Waals surface area contributed by atoms with Crippen molar-refractivity contribution in [2.75, 3.05) is 11.9 Å². The van der Waals surface area contributed by atoms with Crippen LogP contribution < -0.4 is 11.0 Å². The van der Waals surface area contributed by atoms with E-state index in [4.69, 9.17) is 4.74 Å². The van der Waals surface area contributed by atoms with Crippen molar-refractivity contribution in [3.8, 4) is 0 Å². The Balaban J connectivity index is 1.64. The number of fused-ring (bicyclic) bond motifs is 1. The molecule has 0 saturated carbocycles. The average molecular weight is 395 g/mol. The molecule has 0 saturated heterocycles. The molecule has 0 bridgehead atoms. The first-order valence-corrected chi connectivity index (χ1v) is 9.76. The van der Waals surface area contributed by atoms with Gasteiger partial charge in [0.2, 0.25) is 0 Å². The molecule has 1 N–H and O–H groups in total. The van der Waals surface area contributed by atoms with Gasteiger partial charge in [0.1, 0.15) is 6.54 Å². The summed E-state index contributed by atoms with van der Waals surface area (Å²) < 4.78 is 8.12. The molecule has 1 heterocycles. The van der Waals surface area contributed by atoms with E-state index in [1.165, 1.54) is 4.57 Å². The zero-order chi connectivity index (χ0) is 20.8. The van der Waals surface area contributed by atoms with Crippen molar-refractivity contribution in [3.63, 3.8) is 0 Å². The topological polar surface area (TPSA) is 82.3 Å². The molecule has 0 radical (unpaired) electrons. The third-order valence-electron chi connectivity index (χ3n) is 4.64. The second-order valence-corrected chi connectivity index (χ2v) is 6.77. The molecule has 1 aromatic heterocycles. The Labute approximate surface area is 168 Å². The second kappa shape index (κ2) is 9.23. The quantitative estimate of drug-likeness (QED) is 0.595. The van der Waals surface area contributed by atoms with Gasteiger partial charge < -0.3 is 10.1 Å². The average Bonchev–Trinajstić information content (AvgIpc) is 2.99. The standard InChI is InChI=1S/C22H25N3O4/c1-3-12-24-18-10-5-6-11-19(18)25(22(24)28)14-21(27)29-15-20(26)23-17-9-7-8-16(4-2)13-17/h5-11,13H,3-4,12,14-15H2,1-2H3,(H,23,26). The van der Waals surface area contributed by atoms with Crippen LogP contribution in [0.25, 0.3) is 11.0 Å². The zero-order valence-corrected chi connectivity index (χ0v) is 16.7. The summed E-state index contributed by atoms with van der Waals surface area (Å²) in [7, 11) is 0. The number of carbonyl (C=O) groups excluding carboxylic acids is 2. The second-order valence-electron chi connectivity index (χ2n) is 6.77. The summed E-state index contributed by atoms with van der Waals surface area (Å²) in [6.45, 7) is 3.94. The van der Waals surface area contributed by atoms with Crippen LogP contribution in [0.4, 0.5) is 5.69 Å². The predicted octanol–water partition coefficient (Wildman–Crippen LogP) is 2.96. The van der Waals surface area contributed by atoms with Crippen LogP contribution in [-0.2, 0) is 33.8 Å². The molecule has 0 aliphatic carbocycles. The number of aromatic nitrogens is 2. The van der Waals surface area contributed by atoms with Crippen molar-refractivity contribution in [1.29, 1.82) is 0 Å². The minimum atomic E-state index is -0.635. The number of ether oxygens (including phenoxy) is 1. The summed E-state index contributed by atoms with van der Waals surface area (Å²) in [5.74, 6) is -1.06. The Morgan fingerprint density at radius 2 is 1.72 bits per heavy atom. The van der Waals surface area contributed by atoms with Gasteiger partial charge in [-0.3, -0.25) is 18.7 Å². The van der Waals surface area contributed by atoms with E-state index in [9.17, 15) is 14.4 Å². The normalized spacial score (nSPS) is 10.8. The first kappa shape index (κ1) is 20.4. The lowest BCUT2D eigenvalue weighted by Gasteiger charge is -2.08. The molecule has 0 spiro atoms. The van der Waals surface area contributed by atoms with E-state index in [-0.39, 0.29) is 12.2 Å².